The molecule has 0 aliphatic carbocycles. The number of aromatic nitrogens is 2. The minimum absolute atomic E-state index is 0.0407. The minimum atomic E-state index is -5.08. The summed E-state index contributed by atoms with van der Waals surface area (Å²) in [6.45, 7) is 9.53. The second-order valence-electron chi connectivity index (χ2n) is 8.40. The van der Waals surface area contributed by atoms with E-state index < -0.39 is 12.1 Å². The topological polar surface area (TPSA) is 90.7 Å². The number of aliphatic carboxylic acids is 1. The van der Waals surface area contributed by atoms with Gasteiger partial charge in [0.15, 0.2) is 0 Å². The van der Waals surface area contributed by atoms with Crippen LogP contribution in [-0.2, 0) is 30.8 Å². The highest BCUT2D eigenvalue weighted by molar-refractivity contribution is 5.89. The third kappa shape index (κ3) is 7.75. The fourth-order valence-electron chi connectivity index (χ4n) is 3.31. The number of carboxylic acid groups (broad SMARTS) is 1. The van der Waals surface area contributed by atoms with Crippen molar-refractivity contribution in [2.24, 2.45) is 0 Å². The molecule has 0 unspecified atom stereocenters. The van der Waals surface area contributed by atoms with Crippen LogP contribution in [0.1, 0.15) is 44.1 Å². The van der Waals surface area contributed by atoms with Crippen LogP contribution in [0, 0.1) is 0 Å². The molecular weight excluding hydrogens is 451 g/mol. The second kappa shape index (κ2) is 11.9. The van der Waals surface area contributed by atoms with Gasteiger partial charge in [-0.25, -0.2) is 14.6 Å². The number of anilines is 1. The van der Waals surface area contributed by atoms with Crippen molar-refractivity contribution in [3.63, 3.8) is 0 Å². The van der Waals surface area contributed by atoms with Crippen molar-refractivity contribution in [2.45, 2.75) is 65.5 Å². The largest absolute Gasteiger partial charge is 0.490 e. The maximum Gasteiger partial charge on any atom is 0.490 e. The third-order valence-electron chi connectivity index (χ3n) is 5.60. The van der Waals surface area contributed by atoms with Gasteiger partial charge in [0.05, 0.1) is 24.3 Å². The standard InChI is InChI=1S/C21H31N5O.C2HF3O2/c1-5-17-8-6-9-18(12-17)23-21(27)25-10-7-11-26-15-22-19(20(26)14-25)13-24(4)16(2)3;3-2(4,5)1(6)7/h6,8-9,12,15-16H,5,7,10-11,13-14H2,1-4H3,(H,23,27);(H,6,7). The number of urea groups is 1. The molecule has 0 radical (unpaired) electrons. The lowest BCUT2D eigenvalue weighted by molar-refractivity contribution is -0.192. The van der Waals surface area contributed by atoms with E-state index in [2.05, 4.69) is 53.7 Å². The number of hydrogen-bond acceptors (Lipinski definition) is 4. The maximum absolute atomic E-state index is 12.9. The van der Waals surface area contributed by atoms with Crippen molar-refractivity contribution >= 4 is 17.7 Å². The van der Waals surface area contributed by atoms with Crippen LogP contribution in [0.2, 0.25) is 0 Å². The number of fused-ring (bicyclic) bond motifs is 1. The molecule has 8 nitrogen and oxygen atoms in total. The zero-order chi connectivity index (χ0) is 25.5. The number of nitrogens with one attached hydrogen (secondary N) is 1. The number of benzene rings is 1. The molecule has 2 heterocycles. The number of carboxylic acids is 1. The van der Waals surface area contributed by atoms with E-state index in [1.807, 2.05) is 29.4 Å². The molecule has 0 saturated carbocycles. The Labute approximate surface area is 197 Å². The number of hydrogen-bond donors (Lipinski definition) is 2. The summed E-state index contributed by atoms with van der Waals surface area (Å²) in [5, 5.41) is 10.2. The third-order valence-corrected chi connectivity index (χ3v) is 5.60. The van der Waals surface area contributed by atoms with Crippen molar-refractivity contribution in [2.75, 3.05) is 18.9 Å². The molecule has 1 aliphatic rings. The number of amides is 2. The van der Waals surface area contributed by atoms with E-state index in [1.165, 1.54) is 5.56 Å². The van der Waals surface area contributed by atoms with Gasteiger partial charge in [0, 0.05) is 31.4 Å². The number of halogens is 3. The zero-order valence-corrected chi connectivity index (χ0v) is 19.9. The highest BCUT2D eigenvalue weighted by Crippen LogP contribution is 2.20. The van der Waals surface area contributed by atoms with E-state index >= 15 is 0 Å². The second-order valence-corrected chi connectivity index (χ2v) is 8.40. The molecule has 0 saturated heterocycles. The fourth-order valence-corrected chi connectivity index (χ4v) is 3.31. The number of carbonyl (C=O) groups excluding carboxylic acids is 1. The summed E-state index contributed by atoms with van der Waals surface area (Å²) >= 11 is 0. The predicted octanol–water partition coefficient (Wildman–Crippen LogP) is 4.36. The van der Waals surface area contributed by atoms with Gasteiger partial charge < -0.3 is 19.9 Å². The number of carbonyl (C=O) groups is 2. The van der Waals surface area contributed by atoms with Gasteiger partial charge in [-0.15, -0.1) is 0 Å². The van der Waals surface area contributed by atoms with E-state index in [0.29, 0.717) is 12.6 Å². The summed E-state index contributed by atoms with van der Waals surface area (Å²) in [7, 11) is 2.11. The Kier molecular flexibility index (Phi) is 9.48. The highest BCUT2D eigenvalue weighted by Gasteiger charge is 2.38. The molecule has 0 bridgehead atoms. The molecule has 11 heteroatoms. The lowest BCUT2D eigenvalue weighted by Crippen LogP contribution is -2.35. The van der Waals surface area contributed by atoms with E-state index in [-0.39, 0.29) is 6.03 Å². The average Bonchev–Trinajstić information content (AvgIpc) is 3.00. The quantitative estimate of drug-likeness (QED) is 0.660. The number of alkyl halides is 3. The number of imidazole rings is 1. The molecule has 3 rings (SSSR count). The Balaban J connectivity index is 0.000000509. The fraction of sp³-hybridized carbons (Fsp3) is 0.522. The molecule has 0 atom stereocenters. The van der Waals surface area contributed by atoms with Gasteiger partial charge in [0.25, 0.3) is 0 Å². The predicted molar refractivity (Wildman–Crippen MR) is 122 cm³/mol. The van der Waals surface area contributed by atoms with Crippen molar-refractivity contribution < 1.29 is 27.9 Å². The van der Waals surface area contributed by atoms with Crippen molar-refractivity contribution in [1.82, 2.24) is 19.4 Å². The number of rotatable bonds is 5. The monoisotopic (exact) mass is 483 g/mol. The number of aryl methyl sites for hydroxylation is 2. The van der Waals surface area contributed by atoms with Gasteiger partial charge in [0.1, 0.15) is 0 Å². The average molecular weight is 484 g/mol. The van der Waals surface area contributed by atoms with Gasteiger partial charge in [-0.1, -0.05) is 19.1 Å². The van der Waals surface area contributed by atoms with Crippen LogP contribution in [0.3, 0.4) is 0 Å². The lowest BCUT2D eigenvalue weighted by Gasteiger charge is -2.23. The molecule has 1 aromatic heterocycles. The molecule has 2 aromatic rings. The van der Waals surface area contributed by atoms with Crippen molar-refractivity contribution in [1.29, 1.82) is 0 Å². The number of nitrogens with zero attached hydrogens (tertiary/aromatic N) is 4. The molecule has 1 aromatic carbocycles. The Bertz CT molecular complexity index is 975. The minimum Gasteiger partial charge on any atom is -0.475 e. The Hall–Kier alpha value is -3.08. The lowest BCUT2D eigenvalue weighted by atomic mass is 10.1. The summed E-state index contributed by atoms with van der Waals surface area (Å²) in [5.74, 6) is -2.76. The first kappa shape index (κ1) is 27.2. The molecule has 0 spiro atoms. The van der Waals surface area contributed by atoms with E-state index in [0.717, 1.165) is 49.6 Å². The summed E-state index contributed by atoms with van der Waals surface area (Å²) in [6.07, 6.45) is -1.27. The normalized spacial score (nSPS) is 13.7. The molecule has 0 fully saturated rings. The van der Waals surface area contributed by atoms with Crippen LogP contribution in [0.25, 0.3) is 0 Å². The smallest absolute Gasteiger partial charge is 0.475 e. The Morgan fingerprint density at radius 1 is 1.26 bits per heavy atom. The summed E-state index contributed by atoms with van der Waals surface area (Å²) in [4.78, 5) is 30.6. The first-order valence-corrected chi connectivity index (χ1v) is 11.1. The van der Waals surface area contributed by atoms with Crippen molar-refractivity contribution in [3.05, 3.63) is 47.5 Å². The highest BCUT2D eigenvalue weighted by atomic mass is 19.4. The van der Waals surface area contributed by atoms with E-state index in [9.17, 15) is 18.0 Å². The molecule has 2 amide bonds. The summed E-state index contributed by atoms with van der Waals surface area (Å²) in [5.41, 5.74) is 4.30. The summed E-state index contributed by atoms with van der Waals surface area (Å²) < 4.78 is 33.9. The van der Waals surface area contributed by atoms with Gasteiger partial charge in [-0.2, -0.15) is 13.2 Å². The van der Waals surface area contributed by atoms with Crippen LogP contribution in [-0.4, -0.2) is 62.3 Å². The van der Waals surface area contributed by atoms with Crippen LogP contribution in [0.4, 0.5) is 23.7 Å². The van der Waals surface area contributed by atoms with E-state index in [4.69, 9.17) is 9.90 Å². The van der Waals surface area contributed by atoms with E-state index in [1.54, 1.807) is 0 Å². The SMILES string of the molecule is CCc1cccc(NC(=O)N2CCCn3cnc(CN(C)C(C)C)c3C2)c1.O=C(O)C(F)(F)F. The first-order chi connectivity index (χ1) is 15.9. The van der Waals surface area contributed by atoms with Gasteiger partial charge in [-0.3, -0.25) is 4.90 Å². The molecule has 2 N–H and O–H groups in total. The van der Waals surface area contributed by atoms with Crippen molar-refractivity contribution in [3.8, 4) is 0 Å². The van der Waals surface area contributed by atoms with Crippen LogP contribution >= 0.6 is 0 Å². The molecule has 1 aliphatic heterocycles. The van der Waals surface area contributed by atoms with Crippen LogP contribution < -0.4 is 5.32 Å². The molecular formula is C23H32F3N5O3. The molecule has 34 heavy (non-hydrogen) atoms. The maximum atomic E-state index is 12.9. The van der Waals surface area contributed by atoms with Crippen LogP contribution in [0.15, 0.2) is 30.6 Å². The van der Waals surface area contributed by atoms with Gasteiger partial charge >= 0.3 is 18.2 Å². The van der Waals surface area contributed by atoms with Crippen LogP contribution in [0.5, 0.6) is 0 Å². The molecule has 188 valence electrons. The Morgan fingerprint density at radius 3 is 2.53 bits per heavy atom. The van der Waals surface area contributed by atoms with Gasteiger partial charge in [0.2, 0.25) is 0 Å². The Morgan fingerprint density at radius 2 is 1.94 bits per heavy atom. The first-order valence-electron chi connectivity index (χ1n) is 11.1. The van der Waals surface area contributed by atoms with Gasteiger partial charge in [-0.05, 0) is 51.4 Å². The zero-order valence-electron chi connectivity index (χ0n) is 19.9. The summed E-state index contributed by atoms with van der Waals surface area (Å²) in [6, 6.07) is 8.48.